The summed E-state index contributed by atoms with van der Waals surface area (Å²) in [6.07, 6.45) is 0.366. The van der Waals surface area contributed by atoms with Crippen LogP contribution in [0.3, 0.4) is 0 Å². The first-order chi connectivity index (χ1) is 9.56. The second-order valence-corrected chi connectivity index (χ2v) is 5.89. The van der Waals surface area contributed by atoms with Gasteiger partial charge in [0.15, 0.2) is 10.8 Å². The van der Waals surface area contributed by atoms with Crippen molar-refractivity contribution in [2.45, 2.75) is 20.3 Å². The molecule has 0 aliphatic rings. The monoisotopic (exact) mass is 285 g/mol. The summed E-state index contributed by atoms with van der Waals surface area (Å²) in [6, 6.07) is 7.82. The Morgan fingerprint density at radius 2 is 2.05 bits per heavy atom. The molecule has 4 nitrogen and oxygen atoms in total. The molecule has 0 amide bonds. The van der Waals surface area contributed by atoms with Gasteiger partial charge in [0, 0.05) is 24.7 Å². The van der Waals surface area contributed by atoms with E-state index >= 15 is 0 Å². The van der Waals surface area contributed by atoms with Gasteiger partial charge in [-0.3, -0.25) is 9.48 Å². The summed E-state index contributed by atoms with van der Waals surface area (Å²) in [5.41, 5.74) is 3.86. The third-order valence-electron chi connectivity index (χ3n) is 3.53. The van der Waals surface area contributed by atoms with Gasteiger partial charge in [-0.2, -0.15) is 5.10 Å². The smallest absolute Gasteiger partial charge is 0.195 e. The average Bonchev–Trinajstić information content (AvgIpc) is 2.95. The Hall–Kier alpha value is -2.01. The van der Waals surface area contributed by atoms with E-state index in [-0.39, 0.29) is 5.78 Å². The number of thiazole rings is 1. The Kier molecular flexibility index (Phi) is 3.14. The lowest BCUT2D eigenvalue weighted by atomic mass is 10.1. The van der Waals surface area contributed by atoms with Crippen LogP contribution in [0.25, 0.3) is 10.2 Å². The van der Waals surface area contributed by atoms with Gasteiger partial charge >= 0.3 is 0 Å². The molecule has 0 N–H and O–H groups in total. The van der Waals surface area contributed by atoms with E-state index in [9.17, 15) is 4.79 Å². The van der Waals surface area contributed by atoms with E-state index in [4.69, 9.17) is 0 Å². The van der Waals surface area contributed by atoms with E-state index in [0.717, 1.165) is 27.2 Å². The molecule has 102 valence electrons. The minimum Gasteiger partial charge on any atom is -0.291 e. The number of rotatable bonds is 3. The molecule has 3 aromatic rings. The van der Waals surface area contributed by atoms with Crippen LogP contribution in [0, 0.1) is 13.8 Å². The largest absolute Gasteiger partial charge is 0.291 e. The second-order valence-electron chi connectivity index (χ2n) is 4.86. The Morgan fingerprint density at radius 1 is 1.30 bits per heavy atom. The number of benzene rings is 1. The van der Waals surface area contributed by atoms with Crippen LogP contribution < -0.4 is 0 Å². The number of aromatic nitrogens is 3. The van der Waals surface area contributed by atoms with Crippen molar-refractivity contribution in [3.8, 4) is 0 Å². The van der Waals surface area contributed by atoms with Crippen LogP contribution in [0.2, 0.25) is 0 Å². The fourth-order valence-electron chi connectivity index (χ4n) is 2.30. The molecule has 0 saturated carbocycles. The van der Waals surface area contributed by atoms with Gasteiger partial charge < -0.3 is 0 Å². The maximum absolute atomic E-state index is 12.4. The highest BCUT2D eigenvalue weighted by Gasteiger charge is 2.17. The molecule has 20 heavy (non-hydrogen) atoms. The molecule has 2 heterocycles. The van der Waals surface area contributed by atoms with Crippen molar-refractivity contribution in [1.82, 2.24) is 14.8 Å². The van der Waals surface area contributed by atoms with E-state index in [2.05, 4.69) is 10.1 Å². The Balaban J connectivity index is 1.93. The van der Waals surface area contributed by atoms with Crippen molar-refractivity contribution in [2.24, 2.45) is 7.05 Å². The van der Waals surface area contributed by atoms with Gasteiger partial charge in [-0.15, -0.1) is 11.3 Å². The molecule has 0 saturated heterocycles. The summed E-state index contributed by atoms with van der Waals surface area (Å²) in [5, 5.41) is 4.93. The van der Waals surface area contributed by atoms with E-state index < -0.39 is 0 Å². The fraction of sp³-hybridized carbons (Fsp3) is 0.267. The molecule has 0 aliphatic carbocycles. The number of ketones is 1. The Morgan fingerprint density at radius 3 is 2.70 bits per heavy atom. The molecule has 2 aromatic heterocycles. The quantitative estimate of drug-likeness (QED) is 0.695. The predicted molar refractivity (Wildman–Crippen MR) is 80.3 cm³/mol. The molecule has 0 fully saturated rings. The zero-order valence-corrected chi connectivity index (χ0v) is 12.5. The summed E-state index contributed by atoms with van der Waals surface area (Å²) < 4.78 is 2.87. The predicted octanol–water partition coefficient (Wildman–Crippen LogP) is 3.07. The summed E-state index contributed by atoms with van der Waals surface area (Å²) in [6.45, 7) is 3.93. The summed E-state index contributed by atoms with van der Waals surface area (Å²) >= 11 is 1.46. The summed E-state index contributed by atoms with van der Waals surface area (Å²) in [7, 11) is 1.90. The van der Waals surface area contributed by atoms with Crippen molar-refractivity contribution in [3.63, 3.8) is 0 Å². The van der Waals surface area contributed by atoms with E-state index in [1.165, 1.54) is 11.3 Å². The number of nitrogens with zero attached hydrogens (tertiary/aromatic N) is 3. The summed E-state index contributed by atoms with van der Waals surface area (Å²) in [5.74, 6) is 0.0606. The van der Waals surface area contributed by atoms with Gasteiger partial charge in [0.2, 0.25) is 0 Å². The number of para-hydroxylation sites is 1. The van der Waals surface area contributed by atoms with Crippen molar-refractivity contribution in [2.75, 3.05) is 0 Å². The fourth-order valence-corrected chi connectivity index (χ4v) is 3.20. The third kappa shape index (κ3) is 2.14. The lowest BCUT2D eigenvalue weighted by Crippen LogP contribution is -2.05. The maximum atomic E-state index is 12.4. The molecule has 0 unspecified atom stereocenters. The molecule has 0 radical (unpaired) electrons. The van der Waals surface area contributed by atoms with Crippen LogP contribution in [0.5, 0.6) is 0 Å². The minimum absolute atomic E-state index is 0.0606. The summed E-state index contributed by atoms with van der Waals surface area (Å²) in [4.78, 5) is 16.8. The number of hydrogen-bond acceptors (Lipinski definition) is 4. The van der Waals surface area contributed by atoms with Crippen LogP contribution >= 0.6 is 11.3 Å². The number of aryl methyl sites for hydroxylation is 2. The maximum Gasteiger partial charge on any atom is 0.195 e. The standard InChI is InChI=1S/C15H15N3OS/c1-9-11(10(2)18(3)17-9)8-13(19)15-16-12-6-4-5-7-14(12)20-15/h4-7H,8H2,1-3H3. The van der Waals surface area contributed by atoms with Crippen molar-refractivity contribution >= 4 is 27.3 Å². The van der Waals surface area contributed by atoms with Crippen LogP contribution in [-0.4, -0.2) is 20.5 Å². The number of carbonyl (C=O) groups excluding carboxylic acids is 1. The third-order valence-corrected chi connectivity index (χ3v) is 4.61. The molecule has 1 aromatic carbocycles. The van der Waals surface area contributed by atoms with Crippen molar-refractivity contribution < 1.29 is 4.79 Å². The van der Waals surface area contributed by atoms with Crippen LogP contribution in [0.4, 0.5) is 0 Å². The average molecular weight is 285 g/mol. The zero-order chi connectivity index (χ0) is 14.3. The van der Waals surface area contributed by atoms with Crippen molar-refractivity contribution in [1.29, 1.82) is 0 Å². The van der Waals surface area contributed by atoms with Crippen molar-refractivity contribution in [3.05, 3.63) is 46.2 Å². The number of Topliss-reactive ketones (excluding diaryl/α,β-unsaturated/α-hetero) is 1. The Labute approximate surface area is 121 Å². The number of fused-ring (bicyclic) bond motifs is 1. The van der Waals surface area contributed by atoms with Gasteiger partial charge in [-0.25, -0.2) is 4.98 Å². The first-order valence-electron chi connectivity index (χ1n) is 6.44. The minimum atomic E-state index is 0.0606. The van der Waals surface area contributed by atoms with Gasteiger partial charge in [0.05, 0.1) is 15.9 Å². The molecule has 0 bridgehead atoms. The zero-order valence-electron chi connectivity index (χ0n) is 11.7. The second kappa shape index (κ2) is 4.83. The first kappa shape index (κ1) is 13.0. The lowest BCUT2D eigenvalue weighted by molar-refractivity contribution is 0.0992. The topological polar surface area (TPSA) is 47.8 Å². The number of carbonyl (C=O) groups is 1. The van der Waals surface area contributed by atoms with Gasteiger partial charge in [0.25, 0.3) is 0 Å². The van der Waals surface area contributed by atoms with Gasteiger partial charge in [-0.1, -0.05) is 12.1 Å². The van der Waals surface area contributed by atoms with E-state index in [1.807, 2.05) is 49.8 Å². The molecule has 0 spiro atoms. The molecular formula is C15H15N3OS. The molecule has 0 atom stereocenters. The SMILES string of the molecule is Cc1nn(C)c(C)c1CC(=O)c1nc2ccccc2s1. The van der Waals surface area contributed by atoms with Crippen LogP contribution in [0.15, 0.2) is 24.3 Å². The van der Waals surface area contributed by atoms with Crippen LogP contribution in [-0.2, 0) is 13.5 Å². The Bertz CT molecular complexity index is 768. The highest BCUT2D eigenvalue weighted by atomic mass is 32.1. The highest BCUT2D eigenvalue weighted by molar-refractivity contribution is 7.20. The normalized spacial score (nSPS) is 11.2. The molecule has 3 rings (SSSR count). The first-order valence-corrected chi connectivity index (χ1v) is 7.25. The van der Waals surface area contributed by atoms with Crippen LogP contribution in [0.1, 0.15) is 26.8 Å². The highest BCUT2D eigenvalue weighted by Crippen LogP contribution is 2.23. The van der Waals surface area contributed by atoms with Gasteiger partial charge in [0.1, 0.15) is 0 Å². The van der Waals surface area contributed by atoms with E-state index in [1.54, 1.807) is 0 Å². The molecular weight excluding hydrogens is 270 g/mol. The molecule has 5 heteroatoms. The lowest BCUT2D eigenvalue weighted by Gasteiger charge is -1.99. The van der Waals surface area contributed by atoms with E-state index in [0.29, 0.717) is 11.4 Å². The number of hydrogen-bond donors (Lipinski definition) is 0. The molecule has 0 aliphatic heterocycles. The van der Waals surface area contributed by atoms with Gasteiger partial charge in [-0.05, 0) is 26.0 Å².